The van der Waals surface area contributed by atoms with E-state index in [0.717, 1.165) is 34.5 Å². The summed E-state index contributed by atoms with van der Waals surface area (Å²) in [7, 11) is -2.24. The average Bonchev–Trinajstić information content (AvgIpc) is 3.29. The Morgan fingerprint density at radius 3 is 2.68 bits per heavy atom. The van der Waals surface area contributed by atoms with Crippen LogP contribution in [-0.4, -0.2) is 50.3 Å². The first kappa shape index (κ1) is 17.8. The molecule has 1 amide bonds. The third-order valence-electron chi connectivity index (χ3n) is 3.99. The second-order valence-corrected chi connectivity index (χ2v) is 9.06. The fourth-order valence-corrected chi connectivity index (χ4v) is 4.97. The summed E-state index contributed by atoms with van der Waals surface area (Å²) >= 11 is 1.13. The zero-order chi connectivity index (χ0) is 17.9. The van der Waals surface area contributed by atoms with Crippen molar-refractivity contribution < 1.29 is 13.2 Å². The fraction of sp³-hybridized carbons (Fsp3) is 0.375. The van der Waals surface area contributed by atoms with Crippen LogP contribution in [0.1, 0.15) is 12.8 Å². The SMILES string of the molecule is CN(CC(=O)Nc1ccc(N2CCCC2)nc1)S(=O)(=O)c1cccs1. The lowest BCUT2D eigenvalue weighted by atomic mass is 10.3. The second kappa shape index (κ2) is 7.51. The fourth-order valence-electron chi connectivity index (χ4n) is 2.64. The quantitative estimate of drug-likeness (QED) is 0.829. The molecule has 2 aromatic heterocycles. The van der Waals surface area contributed by atoms with Gasteiger partial charge in [-0.1, -0.05) is 6.07 Å². The Morgan fingerprint density at radius 2 is 2.08 bits per heavy atom. The summed E-state index contributed by atoms with van der Waals surface area (Å²) < 4.78 is 25.9. The van der Waals surface area contributed by atoms with Crippen LogP contribution in [0.2, 0.25) is 0 Å². The molecular formula is C16H20N4O3S2. The van der Waals surface area contributed by atoms with Crippen molar-refractivity contribution in [2.75, 3.05) is 36.9 Å². The van der Waals surface area contributed by atoms with Gasteiger partial charge < -0.3 is 10.2 Å². The van der Waals surface area contributed by atoms with Gasteiger partial charge in [0.05, 0.1) is 18.4 Å². The van der Waals surface area contributed by atoms with Crippen molar-refractivity contribution in [3.63, 3.8) is 0 Å². The van der Waals surface area contributed by atoms with Crippen LogP contribution >= 0.6 is 11.3 Å². The van der Waals surface area contributed by atoms with E-state index >= 15 is 0 Å². The van der Waals surface area contributed by atoms with Gasteiger partial charge in [-0.2, -0.15) is 4.31 Å². The topological polar surface area (TPSA) is 82.6 Å². The average molecular weight is 380 g/mol. The number of nitrogens with zero attached hydrogens (tertiary/aromatic N) is 3. The number of rotatable bonds is 6. The van der Waals surface area contributed by atoms with Crippen molar-refractivity contribution in [1.29, 1.82) is 0 Å². The minimum Gasteiger partial charge on any atom is -0.357 e. The minimum absolute atomic E-state index is 0.222. The van der Waals surface area contributed by atoms with E-state index in [-0.39, 0.29) is 10.8 Å². The van der Waals surface area contributed by atoms with E-state index in [1.54, 1.807) is 23.7 Å². The van der Waals surface area contributed by atoms with Gasteiger partial charge in [0, 0.05) is 20.1 Å². The molecule has 0 spiro atoms. The van der Waals surface area contributed by atoms with Crippen LogP contribution in [0.3, 0.4) is 0 Å². The Hall–Kier alpha value is -1.97. The number of anilines is 2. The largest absolute Gasteiger partial charge is 0.357 e. The van der Waals surface area contributed by atoms with Crippen molar-refractivity contribution in [3.8, 4) is 0 Å². The first-order chi connectivity index (χ1) is 12.0. The maximum absolute atomic E-state index is 12.3. The van der Waals surface area contributed by atoms with E-state index in [0.29, 0.717) is 5.69 Å². The number of thiophene rings is 1. The van der Waals surface area contributed by atoms with Gasteiger partial charge in [-0.3, -0.25) is 4.79 Å². The van der Waals surface area contributed by atoms with Gasteiger partial charge in [0.1, 0.15) is 10.0 Å². The maximum atomic E-state index is 12.3. The highest BCUT2D eigenvalue weighted by atomic mass is 32.2. The van der Waals surface area contributed by atoms with Crippen molar-refractivity contribution in [1.82, 2.24) is 9.29 Å². The molecule has 1 N–H and O–H groups in total. The Labute approximate surface area is 151 Å². The summed E-state index contributed by atoms with van der Waals surface area (Å²) in [4.78, 5) is 18.7. The molecule has 1 aliphatic rings. The van der Waals surface area contributed by atoms with Crippen molar-refractivity contribution in [2.45, 2.75) is 17.1 Å². The van der Waals surface area contributed by atoms with Crippen LogP contribution in [0, 0.1) is 0 Å². The molecule has 1 saturated heterocycles. The highest BCUT2D eigenvalue weighted by molar-refractivity contribution is 7.91. The van der Waals surface area contributed by atoms with E-state index in [1.165, 1.54) is 26.0 Å². The van der Waals surface area contributed by atoms with Gasteiger partial charge in [0.2, 0.25) is 5.91 Å². The van der Waals surface area contributed by atoms with Gasteiger partial charge >= 0.3 is 0 Å². The molecular weight excluding hydrogens is 360 g/mol. The van der Waals surface area contributed by atoms with Crippen LogP contribution < -0.4 is 10.2 Å². The Kier molecular flexibility index (Phi) is 5.36. The predicted molar refractivity (Wildman–Crippen MR) is 98.4 cm³/mol. The van der Waals surface area contributed by atoms with Gasteiger partial charge in [-0.25, -0.2) is 13.4 Å². The van der Waals surface area contributed by atoms with Crippen molar-refractivity contribution >= 4 is 38.8 Å². The molecule has 0 aliphatic carbocycles. The number of carbonyl (C=O) groups is 1. The minimum atomic E-state index is -3.63. The number of aromatic nitrogens is 1. The zero-order valence-corrected chi connectivity index (χ0v) is 15.5. The Morgan fingerprint density at radius 1 is 1.32 bits per heavy atom. The number of likely N-dealkylation sites (N-methyl/N-ethyl adjacent to an activating group) is 1. The van der Waals surface area contributed by atoms with E-state index in [4.69, 9.17) is 0 Å². The lowest BCUT2D eigenvalue weighted by molar-refractivity contribution is -0.116. The van der Waals surface area contributed by atoms with Gasteiger partial charge in [0.15, 0.2) is 0 Å². The monoisotopic (exact) mass is 380 g/mol. The van der Waals surface area contributed by atoms with E-state index < -0.39 is 15.9 Å². The number of hydrogen-bond donors (Lipinski definition) is 1. The van der Waals surface area contributed by atoms with Gasteiger partial charge in [-0.15, -0.1) is 11.3 Å². The molecule has 0 unspecified atom stereocenters. The van der Waals surface area contributed by atoms with Crippen LogP contribution in [0.5, 0.6) is 0 Å². The molecule has 0 aromatic carbocycles. The predicted octanol–water partition coefficient (Wildman–Crippen LogP) is 2.00. The smallest absolute Gasteiger partial charge is 0.252 e. The standard InChI is InChI=1S/C16H20N4O3S2/c1-19(25(22,23)16-5-4-10-24-16)12-15(21)18-13-6-7-14(17-11-13)20-8-2-3-9-20/h4-7,10-11H,2-3,8-9,12H2,1H3,(H,18,21). The number of carbonyl (C=O) groups excluding carboxylic acids is 1. The second-order valence-electron chi connectivity index (χ2n) is 5.84. The van der Waals surface area contributed by atoms with Gasteiger partial charge in [-0.05, 0) is 36.4 Å². The van der Waals surface area contributed by atoms with Crippen molar-refractivity contribution in [2.24, 2.45) is 0 Å². The maximum Gasteiger partial charge on any atom is 0.252 e. The molecule has 0 atom stereocenters. The normalized spacial score (nSPS) is 14.9. The Balaban J connectivity index is 1.58. The lowest BCUT2D eigenvalue weighted by Gasteiger charge is -2.17. The molecule has 25 heavy (non-hydrogen) atoms. The summed E-state index contributed by atoms with van der Waals surface area (Å²) in [5.74, 6) is 0.492. The molecule has 0 saturated carbocycles. The molecule has 7 nitrogen and oxygen atoms in total. The highest BCUT2D eigenvalue weighted by Gasteiger charge is 2.23. The van der Waals surface area contributed by atoms with Crippen LogP contribution in [-0.2, 0) is 14.8 Å². The summed E-state index contributed by atoms with van der Waals surface area (Å²) in [6.07, 6.45) is 3.94. The first-order valence-electron chi connectivity index (χ1n) is 7.97. The lowest BCUT2D eigenvalue weighted by Crippen LogP contribution is -2.34. The van der Waals surface area contributed by atoms with Crippen LogP contribution in [0.4, 0.5) is 11.5 Å². The third kappa shape index (κ3) is 4.17. The number of hydrogen-bond acceptors (Lipinski definition) is 6. The number of amides is 1. The highest BCUT2D eigenvalue weighted by Crippen LogP contribution is 2.21. The summed E-state index contributed by atoms with van der Waals surface area (Å²) in [5.41, 5.74) is 0.551. The molecule has 0 radical (unpaired) electrons. The summed E-state index contributed by atoms with van der Waals surface area (Å²) in [5, 5.41) is 4.37. The summed E-state index contributed by atoms with van der Waals surface area (Å²) in [6.45, 7) is 1.75. The molecule has 1 fully saturated rings. The zero-order valence-electron chi connectivity index (χ0n) is 13.9. The van der Waals surface area contributed by atoms with Crippen LogP contribution in [0.25, 0.3) is 0 Å². The molecule has 3 rings (SSSR count). The Bertz CT molecular complexity index is 814. The van der Waals surface area contributed by atoms with Crippen molar-refractivity contribution in [3.05, 3.63) is 35.8 Å². The molecule has 3 heterocycles. The molecule has 0 bridgehead atoms. The number of sulfonamides is 1. The molecule has 134 valence electrons. The van der Waals surface area contributed by atoms with Crippen LogP contribution in [0.15, 0.2) is 40.1 Å². The third-order valence-corrected chi connectivity index (χ3v) is 7.16. The molecule has 2 aromatic rings. The molecule has 9 heteroatoms. The van der Waals surface area contributed by atoms with Gasteiger partial charge in [0.25, 0.3) is 10.0 Å². The molecule has 1 aliphatic heterocycles. The number of nitrogens with one attached hydrogen (secondary N) is 1. The van der Waals surface area contributed by atoms with E-state index in [9.17, 15) is 13.2 Å². The number of pyridine rings is 1. The van der Waals surface area contributed by atoms with E-state index in [1.807, 2.05) is 6.07 Å². The summed E-state index contributed by atoms with van der Waals surface area (Å²) in [6, 6.07) is 6.84. The first-order valence-corrected chi connectivity index (χ1v) is 10.3. The van der Waals surface area contributed by atoms with E-state index in [2.05, 4.69) is 15.2 Å².